The molecule has 4 aromatic rings. The highest BCUT2D eigenvalue weighted by Gasteiger charge is 2.24. The lowest BCUT2D eigenvalue weighted by Gasteiger charge is -2.18. The van der Waals surface area contributed by atoms with Crippen LogP contribution >= 0.6 is 0 Å². The first-order valence-electron chi connectivity index (χ1n) is 10.6. The molecule has 0 saturated carbocycles. The van der Waals surface area contributed by atoms with Crippen LogP contribution in [0.15, 0.2) is 72.9 Å². The largest absolute Gasteiger partial charge is 0.354 e. The summed E-state index contributed by atoms with van der Waals surface area (Å²) in [6, 6.07) is 22.0. The molecule has 7 nitrogen and oxygen atoms in total. The predicted octanol–water partition coefficient (Wildman–Crippen LogP) is 3.55. The van der Waals surface area contributed by atoms with Crippen LogP contribution in [-0.4, -0.2) is 35.3 Å². The molecule has 0 radical (unpaired) electrons. The van der Waals surface area contributed by atoms with Gasteiger partial charge < -0.3 is 15.6 Å². The average Bonchev–Trinajstić information content (AvgIpc) is 3.30. The summed E-state index contributed by atoms with van der Waals surface area (Å²) in [5.41, 5.74) is 3.86. The van der Waals surface area contributed by atoms with E-state index in [1.54, 1.807) is 37.5 Å². The van der Waals surface area contributed by atoms with Crippen molar-refractivity contribution in [2.75, 3.05) is 13.6 Å². The summed E-state index contributed by atoms with van der Waals surface area (Å²) < 4.78 is 0. The fourth-order valence-electron chi connectivity index (χ4n) is 3.73. The molecule has 0 saturated heterocycles. The van der Waals surface area contributed by atoms with Crippen LogP contribution in [-0.2, 0) is 6.42 Å². The number of nitrogens with zero attached hydrogens (tertiary/aromatic N) is 2. The van der Waals surface area contributed by atoms with E-state index in [2.05, 4.69) is 26.7 Å². The smallest absolute Gasteiger partial charge is 0.269 e. The minimum Gasteiger partial charge on any atom is -0.354 e. The van der Waals surface area contributed by atoms with E-state index in [1.807, 2.05) is 42.5 Å². The number of ketones is 1. The lowest BCUT2D eigenvalue weighted by Crippen LogP contribution is -2.30. The zero-order valence-corrected chi connectivity index (χ0v) is 18.1. The van der Waals surface area contributed by atoms with Crippen molar-refractivity contribution >= 4 is 22.7 Å². The molecule has 0 unspecified atom stereocenters. The van der Waals surface area contributed by atoms with E-state index < -0.39 is 6.04 Å². The zero-order valence-electron chi connectivity index (χ0n) is 18.1. The molecule has 164 valence electrons. The Hall–Kier alpha value is -4.28. The fourth-order valence-corrected chi connectivity index (χ4v) is 3.73. The van der Waals surface area contributed by atoms with Gasteiger partial charge in [-0.15, -0.1) is 0 Å². The van der Waals surface area contributed by atoms with Crippen molar-refractivity contribution in [1.82, 2.24) is 20.6 Å². The number of carbonyl (C=O) groups is 2. The average molecular weight is 438 g/mol. The van der Waals surface area contributed by atoms with E-state index in [4.69, 9.17) is 5.26 Å². The van der Waals surface area contributed by atoms with E-state index in [0.29, 0.717) is 35.1 Å². The Morgan fingerprint density at radius 2 is 1.82 bits per heavy atom. The van der Waals surface area contributed by atoms with Gasteiger partial charge in [-0.2, -0.15) is 5.26 Å². The van der Waals surface area contributed by atoms with E-state index >= 15 is 0 Å². The molecule has 2 heterocycles. The van der Waals surface area contributed by atoms with Gasteiger partial charge in [0.1, 0.15) is 11.3 Å². The second-order valence-electron chi connectivity index (χ2n) is 7.59. The number of amides is 1. The molecule has 0 aliphatic carbocycles. The second-order valence-corrected chi connectivity index (χ2v) is 7.59. The number of Topliss-reactive ketones (excluding diaryl/α,β-unsaturated/α-hetero) is 1. The number of H-pyrrole nitrogens is 1. The Kier molecular flexibility index (Phi) is 6.58. The number of aromatic amines is 1. The number of pyridine rings is 1. The van der Waals surface area contributed by atoms with Gasteiger partial charge in [0.25, 0.3) is 5.91 Å². The van der Waals surface area contributed by atoms with Crippen LogP contribution in [0.3, 0.4) is 0 Å². The second kappa shape index (κ2) is 9.90. The fraction of sp³-hybridized carbons (Fsp3) is 0.154. The maximum atomic E-state index is 13.6. The summed E-state index contributed by atoms with van der Waals surface area (Å²) in [6.07, 6.45) is 2.36. The van der Waals surface area contributed by atoms with Crippen LogP contribution in [0, 0.1) is 11.3 Å². The van der Waals surface area contributed by atoms with Gasteiger partial charge in [0, 0.05) is 30.7 Å². The third kappa shape index (κ3) is 4.81. The predicted molar refractivity (Wildman–Crippen MR) is 126 cm³/mol. The van der Waals surface area contributed by atoms with Crippen molar-refractivity contribution in [2.45, 2.75) is 12.5 Å². The third-order valence-corrected chi connectivity index (χ3v) is 5.50. The van der Waals surface area contributed by atoms with Crippen molar-refractivity contribution in [3.63, 3.8) is 0 Å². The molecule has 0 bridgehead atoms. The molecule has 0 aliphatic heterocycles. The number of nitrogens with one attached hydrogen (secondary N) is 3. The van der Waals surface area contributed by atoms with Gasteiger partial charge in [-0.25, -0.2) is 4.98 Å². The third-order valence-electron chi connectivity index (χ3n) is 5.50. The topological polar surface area (TPSA) is 111 Å². The summed E-state index contributed by atoms with van der Waals surface area (Å²) >= 11 is 0. The van der Waals surface area contributed by atoms with Crippen molar-refractivity contribution < 1.29 is 9.59 Å². The normalized spacial score (nSPS) is 11.6. The number of hydrogen-bond donors (Lipinski definition) is 3. The Morgan fingerprint density at radius 1 is 1.06 bits per heavy atom. The maximum Gasteiger partial charge on any atom is 0.269 e. The Balaban J connectivity index is 1.57. The number of benzene rings is 2. The molecule has 0 spiro atoms. The molecular formula is C26H23N5O2. The van der Waals surface area contributed by atoms with Gasteiger partial charge in [0.2, 0.25) is 0 Å². The Labute approximate surface area is 191 Å². The highest BCUT2D eigenvalue weighted by atomic mass is 16.1. The number of aromatic nitrogens is 2. The van der Waals surface area contributed by atoms with E-state index in [1.165, 1.54) is 0 Å². The minimum atomic E-state index is -0.540. The van der Waals surface area contributed by atoms with Crippen LogP contribution < -0.4 is 10.6 Å². The van der Waals surface area contributed by atoms with Gasteiger partial charge >= 0.3 is 0 Å². The van der Waals surface area contributed by atoms with E-state index in [9.17, 15) is 9.59 Å². The summed E-state index contributed by atoms with van der Waals surface area (Å²) in [5.74, 6) is -0.368. The summed E-state index contributed by atoms with van der Waals surface area (Å²) in [7, 11) is 1.55. The van der Waals surface area contributed by atoms with Crippen LogP contribution in [0.25, 0.3) is 11.0 Å². The summed E-state index contributed by atoms with van der Waals surface area (Å²) in [5, 5.41) is 15.6. The first-order chi connectivity index (χ1) is 16.1. The molecule has 0 aliphatic rings. The van der Waals surface area contributed by atoms with Crippen molar-refractivity contribution in [3.8, 4) is 6.07 Å². The SMILES string of the molecule is CNC(=O)c1ccc2c(C(=O)[C@@H](NCCc3ccc(C#N)cc3)c3ccccc3)c[nH]c2n1. The first kappa shape index (κ1) is 21.9. The van der Waals surface area contributed by atoms with Gasteiger partial charge in [-0.3, -0.25) is 9.59 Å². The van der Waals surface area contributed by atoms with Crippen molar-refractivity contribution in [3.05, 3.63) is 101 Å². The van der Waals surface area contributed by atoms with Crippen molar-refractivity contribution in [1.29, 1.82) is 5.26 Å². The van der Waals surface area contributed by atoms with E-state index in [-0.39, 0.29) is 17.4 Å². The van der Waals surface area contributed by atoms with Gasteiger partial charge in [0.05, 0.1) is 17.7 Å². The molecule has 0 fully saturated rings. The lowest BCUT2D eigenvalue weighted by molar-refractivity contribution is 0.0942. The quantitative estimate of drug-likeness (QED) is 0.365. The number of rotatable bonds is 8. The molecule has 33 heavy (non-hydrogen) atoms. The number of hydrogen-bond acceptors (Lipinski definition) is 5. The Morgan fingerprint density at radius 3 is 2.52 bits per heavy atom. The minimum absolute atomic E-state index is 0.0817. The van der Waals surface area contributed by atoms with Gasteiger partial charge in [-0.05, 0) is 41.8 Å². The number of nitriles is 1. The monoisotopic (exact) mass is 437 g/mol. The first-order valence-corrected chi connectivity index (χ1v) is 10.6. The van der Waals surface area contributed by atoms with Crippen LogP contribution in [0.5, 0.6) is 0 Å². The number of carbonyl (C=O) groups excluding carboxylic acids is 2. The van der Waals surface area contributed by atoms with E-state index in [0.717, 1.165) is 11.1 Å². The standard InChI is InChI=1S/C26H23N5O2/c1-28-26(33)22-12-11-20-21(16-30-25(20)31-22)24(32)23(19-5-3-2-4-6-19)29-14-13-17-7-9-18(15-27)10-8-17/h2-12,16,23,29H,13-14H2,1H3,(H,28,33)(H,30,31)/t23-/m0/s1. The molecule has 4 rings (SSSR count). The molecule has 1 atom stereocenters. The number of fused-ring (bicyclic) bond motifs is 1. The highest BCUT2D eigenvalue weighted by molar-refractivity contribution is 6.10. The summed E-state index contributed by atoms with van der Waals surface area (Å²) in [6.45, 7) is 0.582. The molecule has 2 aromatic carbocycles. The molecule has 2 aromatic heterocycles. The lowest BCUT2D eigenvalue weighted by atomic mass is 9.97. The molecular weight excluding hydrogens is 414 g/mol. The highest BCUT2D eigenvalue weighted by Crippen LogP contribution is 2.24. The van der Waals surface area contributed by atoms with Crippen LogP contribution in [0.1, 0.15) is 43.6 Å². The Bertz CT molecular complexity index is 1320. The van der Waals surface area contributed by atoms with Crippen LogP contribution in [0.2, 0.25) is 0 Å². The van der Waals surface area contributed by atoms with Gasteiger partial charge in [0.15, 0.2) is 5.78 Å². The molecule has 3 N–H and O–H groups in total. The zero-order chi connectivity index (χ0) is 23.2. The van der Waals surface area contributed by atoms with Crippen molar-refractivity contribution in [2.24, 2.45) is 0 Å². The van der Waals surface area contributed by atoms with Crippen LogP contribution in [0.4, 0.5) is 0 Å². The maximum absolute atomic E-state index is 13.6. The molecule has 1 amide bonds. The summed E-state index contributed by atoms with van der Waals surface area (Å²) in [4.78, 5) is 32.8. The molecule has 7 heteroatoms. The van der Waals surface area contributed by atoms with Gasteiger partial charge in [-0.1, -0.05) is 42.5 Å².